The number of aromatic carboxylic acids is 2. The molecule has 0 saturated carbocycles. The molecule has 0 bridgehead atoms. The van der Waals surface area contributed by atoms with Crippen LogP contribution in [0.1, 0.15) is 31.8 Å². The van der Waals surface area contributed by atoms with Gasteiger partial charge in [-0.05, 0) is 79.6 Å². The molecule has 0 atom stereocenters. The van der Waals surface area contributed by atoms with Crippen LogP contribution in [0.5, 0.6) is 0 Å². The number of rotatable bonds is 7. The first-order chi connectivity index (χ1) is 21.9. The van der Waals surface area contributed by atoms with Crippen molar-refractivity contribution in [2.24, 2.45) is 4.99 Å². The lowest BCUT2D eigenvalue weighted by atomic mass is 9.93. The third kappa shape index (κ3) is 5.84. The summed E-state index contributed by atoms with van der Waals surface area (Å²) in [5.41, 5.74) is 5.08. The smallest absolute Gasteiger partial charge is 0.335 e. The minimum Gasteiger partial charge on any atom is -0.478 e. The van der Waals surface area contributed by atoms with Crippen molar-refractivity contribution in [3.8, 4) is 22.5 Å². The zero-order valence-corrected chi connectivity index (χ0v) is 25.3. The van der Waals surface area contributed by atoms with Crippen molar-refractivity contribution in [2.45, 2.75) is 18.7 Å². The SMILES string of the molecule is Cc1ccc(C(=O)O)cc1N=c1ccc2c(-c3ccccc3S(=O)(=O)O)c3ccc(Nc4cc(C(=O)O)ccc4C)cc3oc-2c1. The molecule has 0 amide bonds. The standard InChI is InChI=1S/C35H26N2O8S/c1-19-7-9-21(34(38)39)15-28(19)36-23-11-13-25-30(17-23)45-31-18-24(37-29-16-22(35(40)41)10-8-20(29)2)12-14-26(31)33(25)27-5-3-4-6-32(27)46(42,43)44/h3-18,36H,1-2H3,(H,38,39)(H,40,41)(H,42,43,44). The monoisotopic (exact) mass is 634 g/mol. The van der Waals surface area contributed by atoms with E-state index in [1.54, 1.807) is 60.7 Å². The summed E-state index contributed by atoms with van der Waals surface area (Å²) in [5.74, 6) is -1.79. The molecule has 0 aromatic heterocycles. The summed E-state index contributed by atoms with van der Waals surface area (Å²) in [6.07, 6.45) is 0. The average molecular weight is 635 g/mol. The predicted octanol–water partition coefficient (Wildman–Crippen LogP) is 7.44. The molecular weight excluding hydrogens is 608 g/mol. The van der Waals surface area contributed by atoms with Crippen LogP contribution >= 0.6 is 0 Å². The van der Waals surface area contributed by atoms with Crippen LogP contribution < -0.4 is 10.7 Å². The lowest BCUT2D eigenvalue weighted by molar-refractivity contribution is 0.0686. The summed E-state index contributed by atoms with van der Waals surface area (Å²) >= 11 is 0. The van der Waals surface area contributed by atoms with Gasteiger partial charge in [0.05, 0.1) is 22.2 Å². The summed E-state index contributed by atoms with van der Waals surface area (Å²) in [6.45, 7) is 3.66. The summed E-state index contributed by atoms with van der Waals surface area (Å²) in [5, 5.41) is 23.2. The highest BCUT2D eigenvalue weighted by Gasteiger charge is 2.23. The van der Waals surface area contributed by atoms with E-state index in [1.165, 1.54) is 36.4 Å². The van der Waals surface area contributed by atoms with Gasteiger partial charge in [-0.15, -0.1) is 0 Å². The second kappa shape index (κ2) is 11.6. The average Bonchev–Trinajstić information content (AvgIpc) is 3.01. The van der Waals surface area contributed by atoms with E-state index in [0.717, 1.165) is 11.1 Å². The Morgan fingerprint density at radius 3 is 2.17 bits per heavy atom. The first-order valence-corrected chi connectivity index (χ1v) is 15.4. The number of benzene rings is 5. The molecule has 0 spiro atoms. The molecule has 230 valence electrons. The number of anilines is 2. The van der Waals surface area contributed by atoms with Crippen LogP contribution in [0.25, 0.3) is 33.4 Å². The normalized spacial score (nSPS) is 12.0. The summed E-state index contributed by atoms with van der Waals surface area (Å²) in [6, 6.07) is 25.9. The van der Waals surface area contributed by atoms with Crippen molar-refractivity contribution in [1.82, 2.24) is 0 Å². The Balaban J connectivity index is 1.60. The predicted molar refractivity (Wildman–Crippen MR) is 173 cm³/mol. The minimum atomic E-state index is -4.61. The fourth-order valence-corrected chi connectivity index (χ4v) is 5.96. The number of carboxylic acid groups (broad SMARTS) is 2. The van der Waals surface area contributed by atoms with Crippen molar-refractivity contribution in [1.29, 1.82) is 0 Å². The van der Waals surface area contributed by atoms with Crippen molar-refractivity contribution in [3.05, 3.63) is 125 Å². The van der Waals surface area contributed by atoms with Crippen LogP contribution in [-0.4, -0.2) is 35.1 Å². The molecule has 0 fully saturated rings. The molecule has 4 aromatic carbocycles. The van der Waals surface area contributed by atoms with Crippen LogP contribution in [0.2, 0.25) is 0 Å². The fourth-order valence-electron chi connectivity index (χ4n) is 5.26. The molecule has 11 heteroatoms. The number of hydrogen-bond acceptors (Lipinski definition) is 7. The molecule has 4 N–H and O–H groups in total. The summed E-state index contributed by atoms with van der Waals surface area (Å²) in [7, 11) is -4.61. The van der Waals surface area contributed by atoms with Crippen LogP contribution in [-0.2, 0) is 10.1 Å². The Kier molecular flexibility index (Phi) is 7.64. The molecule has 1 aliphatic heterocycles. The van der Waals surface area contributed by atoms with Gasteiger partial charge in [0, 0.05) is 45.6 Å². The Labute approximate surface area is 263 Å². The van der Waals surface area contributed by atoms with Crippen molar-refractivity contribution in [2.75, 3.05) is 5.32 Å². The second-order valence-electron chi connectivity index (χ2n) is 10.7. The maximum atomic E-state index is 12.5. The van der Waals surface area contributed by atoms with E-state index < -0.39 is 22.1 Å². The number of fused-ring (bicyclic) bond motifs is 2. The maximum absolute atomic E-state index is 12.5. The van der Waals surface area contributed by atoms with Gasteiger partial charge >= 0.3 is 11.9 Å². The highest BCUT2D eigenvalue weighted by molar-refractivity contribution is 7.86. The van der Waals surface area contributed by atoms with Gasteiger partial charge in [0.15, 0.2) is 0 Å². The van der Waals surface area contributed by atoms with Gasteiger partial charge < -0.3 is 19.9 Å². The van der Waals surface area contributed by atoms with E-state index in [2.05, 4.69) is 10.3 Å². The van der Waals surface area contributed by atoms with Gasteiger partial charge in [0.25, 0.3) is 10.1 Å². The third-order valence-corrected chi connectivity index (χ3v) is 8.52. The van der Waals surface area contributed by atoms with Gasteiger partial charge in [-0.2, -0.15) is 8.42 Å². The number of nitrogens with one attached hydrogen (secondary N) is 1. The molecular formula is C35H26N2O8S. The first-order valence-electron chi connectivity index (χ1n) is 14.0. The van der Waals surface area contributed by atoms with Gasteiger partial charge in [-0.25, -0.2) is 14.6 Å². The van der Waals surface area contributed by atoms with Gasteiger partial charge in [0.1, 0.15) is 16.2 Å². The molecule has 46 heavy (non-hydrogen) atoms. The van der Waals surface area contributed by atoms with E-state index in [4.69, 9.17) is 4.42 Å². The molecule has 0 radical (unpaired) electrons. The Hall–Kier alpha value is -5.78. The van der Waals surface area contributed by atoms with Crippen LogP contribution in [0.15, 0.2) is 111 Å². The van der Waals surface area contributed by atoms with E-state index >= 15 is 0 Å². The highest BCUT2D eigenvalue weighted by atomic mass is 32.2. The molecule has 0 saturated heterocycles. The molecule has 10 nitrogen and oxygen atoms in total. The van der Waals surface area contributed by atoms with Gasteiger partial charge in [-0.3, -0.25) is 4.55 Å². The number of aryl methyl sites for hydroxylation is 2. The minimum absolute atomic E-state index is 0.0917. The largest absolute Gasteiger partial charge is 0.478 e. The lowest BCUT2D eigenvalue weighted by Crippen LogP contribution is -2.05. The summed E-state index contributed by atoms with van der Waals surface area (Å²) in [4.78, 5) is 27.5. The topological polar surface area (TPSA) is 166 Å². The summed E-state index contributed by atoms with van der Waals surface area (Å²) < 4.78 is 41.4. The zero-order chi connectivity index (χ0) is 32.7. The number of carboxylic acids is 2. The Morgan fingerprint density at radius 2 is 1.46 bits per heavy atom. The third-order valence-electron chi connectivity index (χ3n) is 7.61. The van der Waals surface area contributed by atoms with Crippen LogP contribution in [0.4, 0.5) is 17.1 Å². The molecule has 6 rings (SSSR count). The van der Waals surface area contributed by atoms with E-state index in [1.807, 2.05) is 13.8 Å². The lowest BCUT2D eigenvalue weighted by Gasteiger charge is -2.18. The molecule has 0 unspecified atom stereocenters. The van der Waals surface area contributed by atoms with E-state index in [0.29, 0.717) is 50.3 Å². The zero-order valence-electron chi connectivity index (χ0n) is 24.5. The Morgan fingerprint density at radius 1 is 0.761 bits per heavy atom. The number of nitrogens with zero attached hydrogens (tertiary/aromatic N) is 1. The van der Waals surface area contributed by atoms with E-state index in [-0.39, 0.29) is 21.6 Å². The van der Waals surface area contributed by atoms with Crippen molar-refractivity contribution >= 4 is 50.1 Å². The molecule has 2 aliphatic rings. The van der Waals surface area contributed by atoms with Gasteiger partial charge in [-0.1, -0.05) is 30.3 Å². The highest BCUT2D eigenvalue weighted by Crippen LogP contribution is 2.43. The van der Waals surface area contributed by atoms with Crippen molar-refractivity contribution < 1.29 is 37.2 Å². The fraction of sp³-hybridized carbons (Fsp3) is 0.0571. The quantitative estimate of drug-likeness (QED) is 0.103. The number of carbonyl (C=O) groups is 2. The molecule has 1 heterocycles. The first kappa shape index (κ1) is 30.3. The van der Waals surface area contributed by atoms with Crippen LogP contribution in [0.3, 0.4) is 0 Å². The van der Waals surface area contributed by atoms with E-state index in [9.17, 15) is 32.8 Å². The van der Waals surface area contributed by atoms with Crippen molar-refractivity contribution in [3.63, 3.8) is 0 Å². The molecule has 4 aromatic rings. The second-order valence-corrected chi connectivity index (χ2v) is 12.1. The number of hydrogen-bond donors (Lipinski definition) is 4. The van der Waals surface area contributed by atoms with Crippen LogP contribution in [0, 0.1) is 13.8 Å². The molecule has 1 aliphatic carbocycles. The Bertz CT molecular complexity index is 2360. The van der Waals surface area contributed by atoms with Gasteiger partial charge in [0.2, 0.25) is 0 Å². The maximum Gasteiger partial charge on any atom is 0.335 e.